The number of hydrogen-bond acceptors (Lipinski definition) is 13. The van der Waals surface area contributed by atoms with Crippen molar-refractivity contribution >= 4 is 41.0 Å². The molecule has 0 spiro atoms. The van der Waals surface area contributed by atoms with Crippen LogP contribution in [0, 0.1) is 0 Å². The van der Waals surface area contributed by atoms with E-state index in [1.807, 2.05) is 0 Å². The molecule has 1 aromatic carbocycles. The third kappa shape index (κ3) is 11.4. The highest BCUT2D eigenvalue weighted by Crippen LogP contribution is 2.31. The number of halogens is 3. The summed E-state index contributed by atoms with van der Waals surface area (Å²) in [6.45, 7) is 1.18. The molecule has 314 valence electrons. The number of amides is 5. The van der Waals surface area contributed by atoms with E-state index in [0.29, 0.717) is 87.0 Å². The first-order valence-corrected chi connectivity index (χ1v) is 19.0. The van der Waals surface area contributed by atoms with Gasteiger partial charge >= 0.3 is 6.18 Å². The van der Waals surface area contributed by atoms with Crippen LogP contribution in [0.5, 0.6) is 0 Å². The molecule has 59 heavy (non-hydrogen) atoms. The molecule has 3 aromatic heterocycles. The monoisotopic (exact) mass is 824 g/mol. The van der Waals surface area contributed by atoms with Gasteiger partial charge in [-0.2, -0.15) is 18.3 Å². The van der Waals surface area contributed by atoms with Crippen molar-refractivity contribution in [2.75, 3.05) is 56.8 Å². The second-order valence-corrected chi connectivity index (χ2v) is 13.7. The van der Waals surface area contributed by atoms with E-state index in [4.69, 9.17) is 18.6 Å². The highest BCUT2D eigenvalue weighted by molar-refractivity contribution is 6.24. The normalized spacial score (nSPS) is 15.5. The zero-order chi connectivity index (χ0) is 41.9. The predicted octanol–water partition coefficient (Wildman–Crippen LogP) is 4.10. The Morgan fingerprint density at radius 1 is 0.966 bits per heavy atom. The number of imide groups is 2. The Kier molecular flexibility index (Phi) is 14.2. The fraction of sp³-hybridized carbons (Fsp3) is 0.436. The molecule has 20 heteroatoms. The van der Waals surface area contributed by atoms with Crippen molar-refractivity contribution in [3.05, 3.63) is 77.1 Å². The first kappa shape index (κ1) is 42.6. The lowest BCUT2D eigenvalue weighted by atomic mass is 9.99. The summed E-state index contributed by atoms with van der Waals surface area (Å²) >= 11 is 0. The SMILES string of the molecule is Cn1cc(NC(=O)c2coc(-c3ccnc(NCC(F)(F)F)c3)n2)c(CCCCOCCOCCOCCCc2cccc3c2C(=O)N(C2CCC(=O)NC2=O)C3=O)n1. The van der Waals surface area contributed by atoms with E-state index in [0.717, 1.165) is 24.0 Å². The molecule has 0 aliphatic carbocycles. The Labute approximate surface area is 336 Å². The quantitative estimate of drug-likeness (QED) is 0.0800. The van der Waals surface area contributed by atoms with Gasteiger partial charge < -0.3 is 29.3 Å². The van der Waals surface area contributed by atoms with Crippen molar-refractivity contribution in [1.82, 2.24) is 30.0 Å². The van der Waals surface area contributed by atoms with E-state index in [1.54, 1.807) is 36.1 Å². The van der Waals surface area contributed by atoms with Gasteiger partial charge in [0.05, 0.1) is 48.9 Å². The average molecular weight is 825 g/mol. The number of nitrogens with one attached hydrogen (secondary N) is 3. The molecule has 2 aliphatic rings. The maximum atomic E-state index is 13.2. The molecule has 17 nitrogen and oxygen atoms in total. The number of aryl methyl sites for hydroxylation is 3. The van der Waals surface area contributed by atoms with E-state index < -0.39 is 48.3 Å². The number of oxazole rings is 1. The smallest absolute Gasteiger partial charge is 0.405 e. The largest absolute Gasteiger partial charge is 0.444 e. The summed E-state index contributed by atoms with van der Waals surface area (Å²) in [5.74, 6) is -2.64. The van der Waals surface area contributed by atoms with Gasteiger partial charge in [0.25, 0.3) is 17.7 Å². The first-order valence-electron chi connectivity index (χ1n) is 19.0. The minimum absolute atomic E-state index is 0.0194. The topological polar surface area (TPSA) is 209 Å². The van der Waals surface area contributed by atoms with E-state index in [2.05, 4.69) is 31.0 Å². The van der Waals surface area contributed by atoms with Gasteiger partial charge in [-0.3, -0.25) is 38.9 Å². The van der Waals surface area contributed by atoms with Gasteiger partial charge in [-0.1, -0.05) is 12.1 Å². The second-order valence-electron chi connectivity index (χ2n) is 13.7. The number of anilines is 2. The maximum absolute atomic E-state index is 13.2. The van der Waals surface area contributed by atoms with E-state index in [1.165, 1.54) is 18.3 Å². The van der Waals surface area contributed by atoms with Crippen LogP contribution in [0.2, 0.25) is 0 Å². The van der Waals surface area contributed by atoms with E-state index in [-0.39, 0.29) is 35.8 Å². The number of alkyl halides is 3. The van der Waals surface area contributed by atoms with Gasteiger partial charge in [-0.25, -0.2) is 9.97 Å². The molecular weight excluding hydrogens is 781 g/mol. The lowest BCUT2D eigenvalue weighted by Crippen LogP contribution is -2.54. The minimum Gasteiger partial charge on any atom is -0.444 e. The van der Waals surface area contributed by atoms with Crippen molar-refractivity contribution in [3.63, 3.8) is 0 Å². The van der Waals surface area contributed by atoms with Gasteiger partial charge in [0, 0.05) is 44.6 Å². The zero-order valence-electron chi connectivity index (χ0n) is 32.1. The number of aromatic nitrogens is 4. The predicted molar refractivity (Wildman–Crippen MR) is 202 cm³/mol. The molecule has 2 aliphatic heterocycles. The summed E-state index contributed by atoms with van der Waals surface area (Å²) in [5, 5.41) is 11.6. The van der Waals surface area contributed by atoms with Crippen molar-refractivity contribution < 1.29 is 55.8 Å². The molecular formula is C39H43F3N8O9. The molecule has 1 atom stereocenters. The average Bonchev–Trinajstić information content (AvgIpc) is 3.90. The number of hydrogen-bond donors (Lipinski definition) is 3. The number of unbranched alkanes of at least 4 members (excludes halogenated alkanes) is 1. The van der Waals surface area contributed by atoms with Crippen LogP contribution in [0.15, 0.2) is 53.4 Å². The van der Waals surface area contributed by atoms with Gasteiger partial charge in [0.1, 0.15) is 24.7 Å². The number of nitrogens with zero attached hydrogens (tertiary/aromatic N) is 5. The van der Waals surface area contributed by atoms with Crippen LogP contribution < -0.4 is 16.0 Å². The zero-order valence-corrected chi connectivity index (χ0v) is 32.1. The lowest BCUT2D eigenvalue weighted by Gasteiger charge is -2.27. The summed E-state index contributed by atoms with van der Waals surface area (Å²) in [5.41, 5.74) is 2.75. The fourth-order valence-corrected chi connectivity index (χ4v) is 6.57. The van der Waals surface area contributed by atoms with Gasteiger partial charge in [0.15, 0.2) is 5.69 Å². The molecule has 0 radical (unpaired) electrons. The summed E-state index contributed by atoms with van der Waals surface area (Å²) < 4.78 is 61.7. The molecule has 6 rings (SSSR count). The van der Waals surface area contributed by atoms with Crippen molar-refractivity contribution in [2.45, 2.75) is 57.2 Å². The summed E-state index contributed by atoms with van der Waals surface area (Å²) in [7, 11) is 1.74. The van der Waals surface area contributed by atoms with E-state index in [9.17, 15) is 37.1 Å². The van der Waals surface area contributed by atoms with Crippen LogP contribution in [0.1, 0.15) is 74.6 Å². The molecule has 0 saturated carbocycles. The number of fused-ring (bicyclic) bond motifs is 1. The van der Waals surface area contributed by atoms with E-state index >= 15 is 0 Å². The second kappa shape index (κ2) is 19.6. The van der Waals surface area contributed by atoms with Gasteiger partial charge in [-0.05, 0) is 62.3 Å². The molecule has 5 amide bonds. The third-order valence-corrected chi connectivity index (χ3v) is 9.35. The third-order valence-electron chi connectivity index (χ3n) is 9.35. The number of carbonyl (C=O) groups is 5. The lowest BCUT2D eigenvalue weighted by molar-refractivity contribution is -0.136. The highest BCUT2D eigenvalue weighted by atomic mass is 19.4. The van der Waals surface area contributed by atoms with Crippen LogP contribution >= 0.6 is 0 Å². The Morgan fingerprint density at radius 2 is 1.71 bits per heavy atom. The molecule has 1 saturated heterocycles. The van der Waals surface area contributed by atoms with Crippen LogP contribution in [0.4, 0.5) is 24.7 Å². The van der Waals surface area contributed by atoms with Crippen LogP contribution in [-0.2, 0) is 43.7 Å². The molecule has 4 aromatic rings. The van der Waals surface area contributed by atoms with Crippen molar-refractivity contribution in [3.8, 4) is 11.5 Å². The summed E-state index contributed by atoms with van der Waals surface area (Å²) in [6.07, 6.45) is 3.04. The van der Waals surface area contributed by atoms with Gasteiger partial charge in [-0.15, -0.1) is 0 Å². The summed E-state index contributed by atoms with van der Waals surface area (Å²) in [6, 6.07) is 6.90. The molecule has 1 fully saturated rings. The summed E-state index contributed by atoms with van der Waals surface area (Å²) in [4.78, 5) is 72.1. The van der Waals surface area contributed by atoms with Crippen molar-refractivity contribution in [1.29, 1.82) is 0 Å². The number of pyridine rings is 1. The minimum atomic E-state index is -4.41. The fourth-order valence-electron chi connectivity index (χ4n) is 6.57. The standard InChI is InChI=1S/C39H43F3N8O9/c1-49-21-28(45-34(52)29-22-59-36(46-29)25-12-13-43-31(20-25)44-23-39(40,41)42)27(48-49)9-2-3-14-56-16-18-58-19-17-57-15-5-7-24-6-4-8-26-33(24)38(55)50(37(26)54)30-10-11-32(51)47-35(30)53/h4,6,8,12-13,20-22,30H,2-3,5,7,9-11,14-19,23H2,1H3,(H,43,44)(H,45,52)(H,47,51,53). The highest BCUT2D eigenvalue weighted by Gasteiger charge is 2.45. The number of rotatable bonds is 21. The van der Waals surface area contributed by atoms with Crippen molar-refractivity contribution in [2.24, 2.45) is 7.05 Å². The Morgan fingerprint density at radius 3 is 2.46 bits per heavy atom. The number of carbonyl (C=O) groups excluding carboxylic acids is 5. The molecule has 1 unspecified atom stereocenters. The molecule has 3 N–H and O–H groups in total. The van der Waals surface area contributed by atoms with Gasteiger partial charge in [0.2, 0.25) is 17.7 Å². The maximum Gasteiger partial charge on any atom is 0.405 e. The van der Waals surface area contributed by atoms with Crippen LogP contribution in [-0.4, -0.2) is 113 Å². The molecule has 0 bridgehead atoms. The Bertz CT molecular complexity index is 2150. The Hall–Kier alpha value is -5.99. The number of piperidine rings is 1. The number of benzene rings is 1. The Balaban J connectivity index is 0.819. The van der Waals surface area contributed by atoms with Crippen LogP contribution in [0.25, 0.3) is 11.5 Å². The van der Waals surface area contributed by atoms with Crippen LogP contribution in [0.3, 0.4) is 0 Å². The number of ether oxygens (including phenoxy) is 3. The molecule has 5 heterocycles. The first-order chi connectivity index (χ1) is 28.4.